The second-order valence-electron chi connectivity index (χ2n) is 4.48. The van der Waals surface area contributed by atoms with E-state index in [1.165, 1.54) is 5.52 Å². The minimum Gasteiger partial charge on any atom is -0.328 e. The zero-order valence-corrected chi connectivity index (χ0v) is 11.6. The van der Waals surface area contributed by atoms with E-state index < -0.39 is 0 Å². The molecule has 2 aromatic heterocycles. The van der Waals surface area contributed by atoms with E-state index in [2.05, 4.69) is 22.5 Å². The summed E-state index contributed by atoms with van der Waals surface area (Å²) < 4.78 is 2.23. The molecule has 4 nitrogen and oxygen atoms in total. The lowest BCUT2D eigenvalue weighted by molar-refractivity contribution is 0.643. The maximum Gasteiger partial charge on any atom is 0.111 e. The molecule has 0 amide bonds. The number of nitrogens with zero attached hydrogens (tertiary/aromatic N) is 3. The van der Waals surface area contributed by atoms with Gasteiger partial charge in [0.15, 0.2) is 0 Å². The fraction of sp³-hybridized carbons (Fsp3) is 0.286. The van der Waals surface area contributed by atoms with Crippen LogP contribution in [0.5, 0.6) is 0 Å². The van der Waals surface area contributed by atoms with Gasteiger partial charge in [-0.1, -0.05) is 12.1 Å². The van der Waals surface area contributed by atoms with Gasteiger partial charge in [-0.3, -0.25) is 4.98 Å². The summed E-state index contributed by atoms with van der Waals surface area (Å²) in [5.74, 6) is 1.05. The van der Waals surface area contributed by atoms with Crippen molar-refractivity contribution >= 4 is 22.4 Å². The molecule has 3 aromatic rings. The quantitative estimate of drug-likeness (QED) is 0.794. The first kappa shape index (κ1) is 12.3. The van der Waals surface area contributed by atoms with Gasteiger partial charge in [-0.2, -0.15) is 0 Å². The molecule has 3 rings (SSSR count). The number of thiazole rings is 1. The Balaban J connectivity index is 1.96. The van der Waals surface area contributed by atoms with Crippen molar-refractivity contribution in [1.29, 1.82) is 0 Å². The average molecular weight is 272 g/mol. The molecule has 0 saturated carbocycles. The van der Waals surface area contributed by atoms with Gasteiger partial charge in [0.2, 0.25) is 0 Å². The van der Waals surface area contributed by atoms with Crippen LogP contribution in [0.25, 0.3) is 11.0 Å². The van der Waals surface area contributed by atoms with Crippen molar-refractivity contribution in [3.8, 4) is 0 Å². The Kier molecular flexibility index (Phi) is 3.31. The highest BCUT2D eigenvalue weighted by Crippen LogP contribution is 2.22. The molecule has 0 bridgehead atoms. The topological polar surface area (TPSA) is 56.7 Å². The van der Waals surface area contributed by atoms with E-state index in [1.807, 2.05) is 29.9 Å². The van der Waals surface area contributed by atoms with Crippen LogP contribution in [0.15, 0.2) is 36.0 Å². The predicted octanol–water partition coefficient (Wildman–Crippen LogP) is 2.76. The highest BCUT2D eigenvalue weighted by Gasteiger charge is 2.15. The number of aromatic nitrogens is 3. The van der Waals surface area contributed by atoms with Gasteiger partial charge in [0, 0.05) is 30.1 Å². The van der Waals surface area contributed by atoms with Crippen LogP contribution >= 0.6 is 11.3 Å². The number of fused-ring (bicyclic) bond motifs is 1. The van der Waals surface area contributed by atoms with E-state index in [1.54, 1.807) is 11.3 Å². The molecule has 1 atom stereocenters. The van der Waals surface area contributed by atoms with E-state index in [4.69, 9.17) is 10.7 Å². The molecule has 5 heteroatoms. The maximum atomic E-state index is 6.23. The summed E-state index contributed by atoms with van der Waals surface area (Å²) in [6.45, 7) is 3.04. The number of aryl methyl sites for hydroxylation is 1. The van der Waals surface area contributed by atoms with Crippen LogP contribution in [-0.4, -0.2) is 14.5 Å². The Bertz CT molecular complexity index is 672. The molecule has 0 spiro atoms. The van der Waals surface area contributed by atoms with Crippen LogP contribution in [0.3, 0.4) is 0 Å². The van der Waals surface area contributed by atoms with Crippen molar-refractivity contribution < 1.29 is 0 Å². The Morgan fingerprint density at radius 1 is 1.37 bits per heavy atom. The number of rotatable bonds is 4. The molecule has 2 N–H and O–H groups in total. The monoisotopic (exact) mass is 272 g/mol. The lowest BCUT2D eigenvalue weighted by Gasteiger charge is -2.10. The molecule has 2 heterocycles. The molecular formula is C14H16N4S. The van der Waals surface area contributed by atoms with Crippen molar-refractivity contribution in [2.45, 2.75) is 25.9 Å². The summed E-state index contributed by atoms with van der Waals surface area (Å²) in [6.07, 6.45) is 2.58. The molecule has 0 aliphatic heterocycles. The Morgan fingerprint density at radius 2 is 2.21 bits per heavy atom. The number of hydrogen-bond donors (Lipinski definition) is 1. The third-order valence-electron chi connectivity index (χ3n) is 3.27. The highest BCUT2D eigenvalue weighted by molar-refractivity contribution is 7.09. The molecule has 0 aliphatic rings. The van der Waals surface area contributed by atoms with Crippen LogP contribution in [0.4, 0.5) is 0 Å². The van der Waals surface area contributed by atoms with Crippen molar-refractivity contribution in [1.82, 2.24) is 14.5 Å². The van der Waals surface area contributed by atoms with Gasteiger partial charge in [-0.15, -0.1) is 11.3 Å². The molecule has 0 radical (unpaired) electrons. The zero-order valence-electron chi connectivity index (χ0n) is 10.8. The van der Waals surface area contributed by atoms with Crippen molar-refractivity contribution in [2.75, 3.05) is 0 Å². The maximum absolute atomic E-state index is 6.23. The summed E-state index contributed by atoms with van der Waals surface area (Å²) in [7, 11) is 0. The van der Waals surface area contributed by atoms with E-state index in [0.717, 1.165) is 29.2 Å². The van der Waals surface area contributed by atoms with E-state index in [0.29, 0.717) is 0 Å². The molecule has 19 heavy (non-hydrogen) atoms. The van der Waals surface area contributed by atoms with Crippen LogP contribution in [0, 0.1) is 0 Å². The third kappa shape index (κ3) is 2.27. The lowest BCUT2D eigenvalue weighted by atomic mass is 10.2. The van der Waals surface area contributed by atoms with Gasteiger partial charge >= 0.3 is 0 Å². The van der Waals surface area contributed by atoms with Gasteiger partial charge in [0.05, 0.1) is 16.5 Å². The number of benzene rings is 1. The first-order valence-corrected chi connectivity index (χ1v) is 7.25. The molecular weight excluding hydrogens is 256 g/mol. The molecule has 0 aliphatic carbocycles. The summed E-state index contributed by atoms with van der Waals surface area (Å²) in [5.41, 5.74) is 10.3. The van der Waals surface area contributed by atoms with Crippen LogP contribution in [0.2, 0.25) is 0 Å². The summed E-state index contributed by atoms with van der Waals surface area (Å²) in [5, 5.41) is 0. The van der Waals surface area contributed by atoms with Crippen LogP contribution in [-0.2, 0) is 13.0 Å². The van der Waals surface area contributed by atoms with Crippen LogP contribution < -0.4 is 5.73 Å². The molecule has 1 aromatic carbocycles. The molecule has 98 valence electrons. The van der Waals surface area contributed by atoms with E-state index >= 15 is 0 Å². The number of para-hydroxylation sites is 2. The van der Waals surface area contributed by atoms with Gasteiger partial charge in [-0.05, 0) is 19.1 Å². The van der Waals surface area contributed by atoms with Crippen molar-refractivity contribution in [3.63, 3.8) is 0 Å². The highest BCUT2D eigenvalue weighted by atomic mass is 32.1. The second kappa shape index (κ2) is 5.11. The largest absolute Gasteiger partial charge is 0.328 e. The van der Waals surface area contributed by atoms with Crippen LogP contribution in [0.1, 0.15) is 23.7 Å². The lowest BCUT2D eigenvalue weighted by Crippen LogP contribution is -2.15. The fourth-order valence-corrected chi connectivity index (χ4v) is 2.96. The summed E-state index contributed by atoms with van der Waals surface area (Å²) >= 11 is 1.60. The Hall–Kier alpha value is -1.72. The summed E-state index contributed by atoms with van der Waals surface area (Å²) in [6, 6.07) is 8.18. The minimum absolute atomic E-state index is 0.0328. The number of imidazole rings is 1. The Morgan fingerprint density at radius 3 is 2.95 bits per heavy atom. The SMILES string of the molecule is CCn1c(CC(N)c2cncs2)nc2ccccc21. The van der Waals surface area contributed by atoms with E-state index in [-0.39, 0.29) is 6.04 Å². The third-order valence-corrected chi connectivity index (χ3v) is 4.18. The summed E-state index contributed by atoms with van der Waals surface area (Å²) in [4.78, 5) is 9.89. The fourth-order valence-electron chi connectivity index (χ4n) is 2.34. The number of nitrogens with two attached hydrogens (primary N) is 1. The minimum atomic E-state index is -0.0328. The van der Waals surface area contributed by atoms with Gasteiger partial charge < -0.3 is 10.3 Å². The predicted molar refractivity (Wildman–Crippen MR) is 78.2 cm³/mol. The average Bonchev–Trinajstić information content (AvgIpc) is 3.05. The molecule has 0 fully saturated rings. The Labute approximate surface area is 115 Å². The zero-order chi connectivity index (χ0) is 13.2. The first-order chi connectivity index (χ1) is 9.29. The number of hydrogen-bond acceptors (Lipinski definition) is 4. The van der Waals surface area contributed by atoms with Crippen molar-refractivity contribution in [2.24, 2.45) is 5.73 Å². The normalized spacial score (nSPS) is 12.9. The molecule has 0 saturated heterocycles. The standard InChI is InChI=1S/C14H16N4S/c1-2-18-12-6-4-3-5-11(12)17-14(18)7-10(15)13-8-16-9-19-13/h3-6,8-10H,2,7,15H2,1H3. The van der Waals surface area contributed by atoms with Gasteiger partial charge in [0.25, 0.3) is 0 Å². The van der Waals surface area contributed by atoms with Gasteiger partial charge in [0.1, 0.15) is 5.82 Å². The van der Waals surface area contributed by atoms with Crippen molar-refractivity contribution in [3.05, 3.63) is 46.7 Å². The molecule has 1 unspecified atom stereocenters. The van der Waals surface area contributed by atoms with E-state index in [9.17, 15) is 0 Å². The smallest absolute Gasteiger partial charge is 0.111 e. The second-order valence-corrected chi connectivity index (χ2v) is 5.39. The van der Waals surface area contributed by atoms with Gasteiger partial charge in [-0.25, -0.2) is 4.98 Å². The first-order valence-electron chi connectivity index (χ1n) is 6.37.